The molecular weight excluding hydrogens is 338 g/mol. The normalized spacial score (nSPS) is 20.1. The van der Waals surface area contributed by atoms with Gasteiger partial charge >= 0.3 is 0 Å². The standard InChI is InChI=1S/C22H25N3O2/c26-21-14-17(16-25(21)20-7-3-1-4-8-20)13-19-10-9-18(15-23-19)22(27)24-11-5-2-6-12-24/h1,3-4,7-10,15,17H,2,5-6,11-14,16H2/t17-/m0/s1. The summed E-state index contributed by atoms with van der Waals surface area (Å²) in [6, 6.07) is 13.6. The van der Waals surface area contributed by atoms with E-state index in [0.717, 1.165) is 50.3 Å². The fourth-order valence-corrected chi connectivity index (χ4v) is 4.02. The number of amides is 2. The van der Waals surface area contributed by atoms with Crippen molar-refractivity contribution in [3.63, 3.8) is 0 Å². The molecule has 2 amide bonds. The first kappa shape index (κ1) is 17.7. The molecule has 5 nitrogen and oxygen atoms in total. The summed E-state index contributed by atoms with van der Waals surface area (Å²) in [6.07, 6.45) is 6.38. The predicted octanol–water partition coefficient (Wildman–Crippen LogP) is 3.30. The second-order valence-corrected chi connectivity index (χ2v) is 7.51. The number of likely N-dealkylation sites (tertiary alicyclic amines) is 1. The molecular formula is C22H25N3O2. The molecule has 2 aliphatic rings. The summed E-state index contributed by atoms with van der Waals surface area (Å²) < 4.78 is 0. The first-order valence-electron chi connectivity index (χ1n) is 9.80. The Kier molecular flexibility index (Phi) is 5.19. The third-order valence-electron chi connectivity index (χ3n) is 5.49. The molecule has 1 aromatic heterocycles. The van der Waals surface area contributed by atoms with Crippen molar-refractivity contribution in [3.05, 3.63) is 59.9 Å². The molecule has 27 heavy (non-hydrogen) atoms. The third kappa shape index (κ3) is 4.02. The Morgan fingerprint density at radius 2 is 1.81 bits per heavy atom. The second-order valence-electron chi connectivity index (χ2n) is 7.51. The smallest absolute Gasteiger partial charge is 0.255 e. The van der Waals surface area contributed by atoms with Gasteiger partial charge in [0.1, 0.15) is 0 Å². The minimum Gasteiger partial charge on any atom is -0.339 e. The Morgan fingerprint density at radius 3 is 2.52 bits per heavy atom. The fourth-order valence-electron chi connectivity index (χ4n) is 4.02. The number of piperidine rings is 1. The van der Waals surface area contributed by atoms with Crippen LogP contribution < -0.4 is 4.90 Å². The van der Waals surface area contributed by atoms with Gasteiger partial charge in [-0.25, -0.2) is 0 Å². The maximum atomic E-state index is 12.5. The summed E-state index contributed by atoms with van der Waals surface area (Å²) in [7, 11) is 0. The predicted molar refractivity (Wildman–Crippen MR) is 105 cm³/mol. The lowest BCUT2D eigenvalue weighted by molar-refractivity contribution is -0.117. The van der Waals surface area contributed by atoms with E-state index in [1.165, 1.54) is 6.42 Å². The van der Waals surface area contributed by atoms with Gasteiger partial charge < -0.3 is 9.80 Å². The summed E-state index contributed by atoms with van der Waals surface area (Å²) in [5.41, 5.74) is 2.56. The second kappa shape index (κ2) is 7.91. The summed E-state index contributed by atoms with van der Waals surface area (Å²) in [4.78, 5) is 33.2. The monoisotopic (exact) mass is 363 g/mol. The number of aromatic nitrogens is 1. The number of benzene rings is 1. The molecule has 2 aromatic rings. The molecule has 0 unspecified atom stereocenters. The van der Waals surface area contributed by atoms with E-state index in [-0.39, 0.29) is 17.7 Å². The van der Waals surface area contributed by atoms with Crippen LogP contribution in [0.25, 0.3) is 0 Å². The van der Waals surface area contributed by atoms with E-state index in [1.54, 1.807) is 6.20 Å². The minimum absolute atomic E-state index is 0.0834. The van der Waals surface area contributed by atoms with Gasteiger partial charge in [0.25, 0.3) is 5.91 Å². The van der Waals surface area contributed by atoms with Crippen molar-refractivity contribution in [1.29, 1.82) is 0 Å². The highest BCUT2D eigenvalue weighted by molar-refractivity contribution is 5.95. The van der Waals surface area contributed by atoms with Crippen LogP contribution in [-0.4, -0.2) is 41.3 Å². The van der Waals surface area contributed by atoms with Crippen LogP contribution >= 0.6 is 0 Å². The van der Waals surface area contributed by atoms with Gasteiger partial charge in [-0.15, -0.1) is 0 Å². The average molecular weight is 363 g/mol. The number of nitrogens with zero attached hydrogens (tertiary/aromatic N) is 3. The van der Waals surface area contributed by atoms with Gasteiger partial charge in [-0.2, -0.15) is 0 Å². The highest BCUT2D eigenvalue weighted by Gasteiger charge is 2.30. The van der Waals surface area contributed by atoms with Gasteiger partial charge in [0, 0.05) is 43.6 Å². The van der Waals surface area contributed by atoms with Crippen molar-refractivity contribution in [3.8, 4) is 0 Å². The summed E-state index contributed by atoms with van der Waals surface area (Å²) in [5.74, 6) is 0.511. The minimum atomic E-state index is 0.0834. The van der Waals surface area contributed by atoms with Crippen LogP contribution in [0.15, 0.2) is 48.7 Å². The van der Waals surface area contributed by atoms with Gasteiger partial charge in [-0.3, -0.25) is 14.6 Å². The van der Waals surface area contributed by atoms with Crippen molar-refractivity contribution in [2.75, 3.05) is 24.5 Å². The van der Waals surface area contributed by atoms with Crippen LogP contribution in [0, 0.1) is 5.92 Å². The Balaban J connectivity index is 1.37. The molecule has 2 saturated heterocycles. The first-order chi connectivity index (χ1) is 13.2. The lowest BCUT2D eigenvalue weighted by Gasteiger charge is -2.26. The fraction of sp³-hybridized carbons (Fsp3) is 0.409. The zero-order valence-electron chi connectivity index (χ0n) is 15.5. The third-order valence-corrected chi connectivity index (χ3v) is 5.49. The summed E-state index contributed by atoms with van der Waals surface area (Å²) in [6.45, 7) is 2.42. The first-order valence-corrected chi connectivity index (χ1v) is 9.80. The molecule has 0 spiro atoms. The number of anilines is 1. The summed E-state index contributed by atoms with van der Waals surface area (Å²) in [5, 5.41) is 0. The quantitative estimate of drug-likeness (QED) is 0.837. The molecule has 0 saturated carbocycles. The Bertz CT molecular complexity index is 798. The molecule has 0 aliphatic carbocycles. The highest BCUT2D eigenvalue weighted by Crippen LogP contribution is 2.26. The number of rotatable bonds is 4. The van der Waals surface area contributed by atoms with Gasteiger partial charge in [0.05, 0.1) is 5.56 Å². The molecule has 1 atom stereocenters. The summed E-state index contributed by atoms with van der Waals surface area (Å²) >= 11 is 0. The largest absolute Gasteiger partial charge is 0.339 e. The number of carbonyl (C=O) groups excluding carboxylic acids is 2. The zero-order chi connectivity index (χ0) is 18.6. The van der Waals surface area contributed by atoms with E-state index in [0.29, 0.717) is 12.0 Å². The van der Waals surface area contributed by atoms with E-state index in [4.69, 9.17) is 0 Å². The molecule has 4 rings (SSSR count). The van der Waals surface area contributed by atoms with Crippen LogP contribution in [0.3, 0.4) is 0 Å². The molecule has 5 heteroatoms. The van der Waals surface area contributed by atoms with Crippen LogP contribution in [0.2, 0.25) is 0 Å². The van der Waals surface area contributed by atoms with E-state index in [1.807, 2.05) is 52.3 Å². The van der Waals surface area contributed by atoms with Gasteiger partial charge in [0.2, 0.25) is 5.91 Å². The van der Waals surface area contributed by atoms with Gasteiger partial charge in [0.15, 0.2) is 0 Å². The Labute approximate surface area is 160 Å². The SMILES string of the molecule is O=C(c1ccc(C[C@H]2CC(=O)N(c3ccccc3)C2)nc1)N1CCCCC1. The molecule has 1 aromatic carbocycles. The highest BCUT2D eigenvalue weighted by atomic mass is 16.2. The number of carbonyl (C=O) groups is 2. The molecule has 3 heterocycles. The zero-order valence-corrected chi connectivity index (χ0v) is 15.5. The van der Waals surface area contributed by atoms with Crippen LogP contribution in [0.4, 0.5) is 5.69 Å². The van der Waals surface area contributed by atoms with E-state index in [2.05, 4.69) is 4.98 Å². The number of para-hydroxylation sites is 1. The molecule has 0 N–H and O–H groups in total. The van der Waals surface area contributed by atoms with Crippen LogP contribution in [0.5, 0.6) is 0 Å². The van der Waals surface area contributed by atoms with Crippen molar-refractivity contribution in [2.24, 2.45) is 5.92 Å². The molecule has 0 radical (unpaired) electrons. The number of hydrogen-bond acceptors (Lipinski definition) is 3. The number of hydrogen-bond donors (Lipinski definition) is 0. The van der Waals surface area contributed by atoms with Crippen molar-refractivity contribution < 1.29 is 9.59 Å². The average Bonchev–Trinajstić information content (AvgIpc) is 3.09. The van der Waals surface area contributed by atoms with E-state index in [9.17, 15) is 9.59 Å². The lowest BCUT2D eigenvalue weighted by atomic mass is 10.0. The Hall–Kier alpha value is -2.69. The maximum absolute atomic E-state index is 12.5. The molecule has 0 bridgehead atoms. The van der Waals surface area contributed by atoms with Crippen molar-refractivity contribution in [1.82, 2.24) is 9.88 Å². The van der Waals surface area contributed by atoms with Crippen molar-refractivity contribution >= 4 is 17.5 Å². The van der Waals surface area contributed by atoms with Gasteiger partial charge in [-0.1, -0.05) is 18.2 Å². The van der Waals surface area contributed by atoms with Gasteiger partial charge in [-0.05, 0) is 55.9 Å². The Morgan fingerprint density at radius 1 is 1.04 bits per heavy atom. The molecule has 140 valence electrons. The molecule has 2 aliphatic heterocycles. The van der Waals surface area contributed by atoms with Crippen LogP contribution in [0.1, 0.15) is 41.7 Å². The van der Waals surface area contributed by atoms with E-state index < -0.39 is 0 Å². The lowest BCUT2D eigenvalue weighted by Crippen LogP contribution is -2.35. The number of pyridine rings is 1. The molecule has 2 fully saturated rings. The maximum Gasteiger partial charge on any atom is 0.255 e. The van der Waals surface area contributed by atoms with Crippen molar-refractivity contribution in [2.45, 2.75) is 32.1 Å². The van der Waals surface area contributed by atoms with Crippen LogP contribution in [-0.2, 0) is 11.2 Å². The van der Waals surface area contributed by atoms with E-state index >= 15 is 0 Å². The topological polar surface area (TPSA) is 53.5 Å².